The zero-order valence-electron chi connectivity index (χ0n) is 25.7. The summed E-state index contributed by atoms with van der Waals surface area (Å²) in [4.78, 5) is 36.6. The van der Waals surface area contributed by atoms with Gasteiger partial charge in [-0.05, 0) is 84.4 Å². The van der Waals surface area contributed by atoms with Gasteiger partial charge in [0.1, 0.15) is 17.0 Å². The fourth-order valence-corrected chi connectivity index (χ4v) is 4.53. The van der Waals surface area contributed by atoms with Crippen LogP contribution in [-0.4, -0.2) is 71.4 Å². The number of methoxy groups -OCH3 is 1. The van der Waals surface area contributed by atoms with Crippen LogP contribution in [0.3, 0.4) is 0 Å². The van der Waals surface area contributed by atoms with Crippen LogP contribution in [-0.2, 0) is 27.1 Å². The third-order valence-corrected chi connectivity index (χ3v) is 6.40. The molecule has 3 rings (SSSR count). The van der Waals surface area contributed by atoms with Crippen molar-refractivity contribution < 1.29 is 23.8 Å². The number of anilines is 1. The van der Waals surface area contributed by atoms with E-state index >= 15 is 0 Å². The van der Waals surface area contributed by atoms with Gasteiger partial charge in [0.15, 0.2) is 0 Å². The minimum atomic E-state index is -0.609. The first-order chi connectivity index (χ1) is 19.3. The van der Waals surface area contributed by atoms with Crippen molar-refractivity contribution >= 4 is 17.9 Å². The first-order valence-corrected chi connectivity index (χ1v) is 14.5. The maximum Gasteiger partial charge on any atom is 0.410 e. The van der Waals surface area contributed by atoms with Crippen LogP contribution in [0.15, 0.2) is 30.5 Å². The lowest BCUT2D eigenvalue weighted by molar-refractivity contribution is -0.155. The van der Waals surface area contributed by atoms with Gasteiger partial charge in [0.25, 0.3) is 0 Å². The van der Waals surface area contributed by atoms with Crippen LogP contribution >= 0.6 is 0 Å². The molecule has 0 aromatic carbocycles. The monoisotopic (exact) mass is 569 g/mol. The molecule has 2 aromatic heterocycles. The summed E-state index contributed by atoms with van der Waals surface area (Å²) in [5.74, 6) is 1.15. The minimum absolute atomic E-state index is 0.121. The molecule has 1 aliphatic heterocycles. The quantitative estimate of drug-likeness (QED) is 0.338. The molecule has 0 fully saturated rings. The molecule has 0 spiro atoms. The van der Waals surface area contributed by atoms with Crippen LogP contribution in [0.25, 0.3) is 0 Å². The summed E-state index contributed by atoms with van der Waals surface area (Å²) >= 11 is 0. The van der Waals surface area contributed by atoms with E-state index in [1.807, 2.05) is 47.6 Å². The SMILES string of the molecule is COc1ccc(C(CC(=O)OC(C)(C)C)NCCN(CCCc2ccc3c(n2)NCCC3)C(=O)OC(C)(C)C)cn1. The van der Waals surface area contributed by atoms with Gasteiger partial charge in [0.05, 0.1) is 13.5 Å². The van der Waals surface area contributed by atoms with E-state index in [9.17, 15) is 9.59 Å². The molecule has 0 saturated heterocycles. The maximum absolute atomic E-state index is 13.1. The number of fused-ring (bicyclic) bond motifs is 1. The highest BCUT2D eigenvalue weighted by atomic mass is 16.6. The lowest BCUT2D eigenvalue weighted by Gasteiger charge is -2.28. The Kier molecular flexibility index (Phi) is 11.3. The van der Waals surface area contributed by atoms with Crippen LogP contribution < -0.4 is 15.4 Å². The topological polar surface area (TPSA) is 115 Å². The molecular formula is C31H47N5O5. The number of rotatable bonds is 12. The highest BCUT2D eigenvalue weighted by molar-refractivity contribution is 5.71. The summed E-state index contributed by atoms with van der Waals surface area (Å²) in [5.41, 5.74) is 1.89. The average Bonchev–Trinajstić information content (AvgIpc) is 2.89. The Morgan fingerprint density at radius 2 is 1.80 bits per heavy atom. The lowest BCUT2D eigenvalue weighted by Crippen LogP contribution is -2.42. The van der Waals surface area contributed by atoms with E-state index in [1.165, 1.54) is 5.56 Å². The molecule has 41 heavy (non-hydrogen) atoms. The van der Waals surface area contributed by atoms with E-state index in [1.54, 1.807) is 24.3 Å². The van der Waals surface area contributed by atoms with Crippen molar-refractivity contribution in [3.05, 3.63) is 47.3 Å². The third kappa shape index (κ3) is 11.2. The van der Waals surface area contributed by atoms with Crippen molar-refractivity contribution in [2.75, 3.05) is 38.6 Å². The number of hydrogen-bond donors (Lipinski definition) is 2. The van der Waals surface area contributed by atoms with Crippen molar-refractivity contribution in [2.45, 2.75) is 90.9 Å². The smallest absolute Gasteiger partial charge is 0.410 e. The molecule has 1 unspecified atom stereocenters. The van der Waals surface area contributed by atoms with Crippen LogP contribution in [0.5, 0.6) is 5.88 Å². The predicted octanol–water partition coefficient (Wildman–Crippen LogP) is 5.08. The molecule has 3 heterocycles. The largest absolute Gasteiger partial charge is 0.481 e. The lowest BCUT2D eigenvalue weighted by atomic mass is 10.1. The molecule has 1 amide bonds. The molecule has 0 aliphatic carbocycles. The fourth-order valence-electron chi connectivity index (χ4n) is 4.53. The Morgan fingerprint density at radius 3 is 2.46 bits per heavy atom. The van der Waals surface area contributed by atoms with Gasteiger partial charge in [-0.15, -0.1) is 0 Å². The first-order valence-electron chi connectivity index (χ1n) is 14.5. The van der Waals surface area contributed by atoms with Crippen LogP contribution in [0.4, 0.5) is 10.6 Å². The normalized spacial score (nSPS) is 13.9. The number of aromatic nitrogens is 2. The number of carbonyl (C=O) groups is 2. The van der Waals surface area contributed by atoms with Crippen LogP contribution in [0.2, 0.25) is 0 Å². The van der Waals surface area contributed by atoms with E-state index in [0.29, 0.717) is 25.5 Å². The number of nitrogens with one attached hydrogen (secondary N) is 2. The highest BCUT2D eigenvalue weighted by Crippen LogP contribution is 2.22. The Labute approximate surface area is 244 Å². The van der Waals surface area contributed by atoms with Gasteiger partial charge in [-0.3, -0.25) is 4.79 Å². The van der Waals surface area contributed by atoms with Crippen LogP contribution in [0, 0.1) is 0 Å². The zero-order valence-corrected chi connectivity index (χ0v) is 25.7. The molecule has 10 heteroatoms. The standard InChI is InChI=1S/C31H47N5O5/c1-30(2,3)40-27(37)20-25(23-13-15-26(39-7)34-21-23)32-17-19-36(29(38)41-31(4,5)6)18-9-11-24-14-12-22-10-8-16-33-28(22)35-24/h12-15,21,25,32H,8-11,16-20H2,1-7H3,(H,33,35). The Bertz CT molecular complexity index is 1140. The van der Waals surface area contributed by atoms with Crippen molar-refractivity contribution in [2.24, 2.45) is 0 Å². The molecule has 226 valence electrons. The summed E-state index contributed by atoms with van der Waals surface area (Å²) < 4.78 is 16.4. The van der Waals surface area contributed by atoms with Gasteiger partial charge in [-0.1, -0.05) is 12.1 Å². The van der Waals surface area contributed by atoms with E-state index in [2.05, 4.69) is 27.8 Å². The van der Waals surface area contributed by atoms with Gasteiger partial charge >= 0.3 is 12.1 Å². The van der Waals surface area contributed by atoms with Crippen molar-refractivity contribution in [1.29, 1.82) is 0 Å². The van der Waals surface area contributed by atoms with Crippen molar-refractivity contribution in [3.63, 3.8) is 0 Å². The summed E-state index contributed by atoms with van der Waals surface area (Å²) in [6.45, 7) is 13.4. The Balaban J connectivity index is 1.64. The third-order valence-electron chi connectivity index (χ3n) is 6.40. The molecule has 0 saturated carbocycles. The van der Waals surface area contributed by atoms with Crippen molar-refractivity contribution in [1.82, 2.24) is 20.2 Å². The van der Waals surface area contributed by atoms with Gasteiger partial charge in [0.2, 0.25) is 5.88 Å². The van der Waals surface area contributed by atoms with E-state index in [-0.39, 0.29) is 24.5 Å². The summed E-state index contributed by atoms with van der Waals surface area (Å²) in [6, 6.07) is 7.51. The van der Waals surface area contributed by atoms with Gasteiger partial charge < -0.3 is 29.7 Å². The summed E-state index contributed by atoms with van der Waals surface area (Å²) in [6.07, 6.45) is 5.11. The molecule has 1 aliphatic rings. The molecule has 0 bridgehead atoms. The van der Waals surface area contributed by atoms with Gasteiger partial charge in [-0.2, -0.15) is 0 Å². The van der Waals surface area contributed by atoms with Gasteiger partial charge in [-0.25, -0.2) is 14.8 Å². The van der Waals surface area contributed by atoms with Gasteiger partial charge in [0, 0.05) is 50.2 Å². The first kappa shape index (κ1) is 32.1. The number of nitrogens with zero attached hydrogens (tertiary/aromatic N) is 3. The Morgan fingerprint density at radius 1 is 1.05 bits per heavy atom. The number of esters is 1. The maximum atomic E-state index is 13.1. The summed E-state index contributed by atoms with van der Waals surface area (Å²) in [7, 11) is 1.56. The molecule has 0 radical (unpaired) electrons. The number of ether oxygens (including phenoxy) is 3. The highest BCUT2D eigenvalue weighted by Gasteiger charge is 2.25. The molecule has 2 N–H and O–H groups in total. The molecule has 2 aromatic rings. The fraction of sp³-hybridized carbons (Fsp3) is 0.613. The zero-order chi connectivity index (χ0) is 30.0. The second-order valence-corrected chi connectivity index (χ2v) is 12.3. The molecule has 10 nitrogen and oxygen atoms in total. The van der Waals surface area contributed by atoms with Crippen molar-refractivity contribution in [3.8, 4) is 5.88 Å². The molecule has 1 atom stereocenters. The summed E-state index contributed by atoms with van der Waals surface area (Å²) in [5, 5.41) is 6.81. The number of pyridine rings is 2. The Hall–Kier alpha value is -3.40. The number of aryl methyl sites for hydroxylation is 2. The second-order valence-electron chi connectivity index (χ2n) is 12.3. The van der Waals surface area contributed by atoms with Crippen LogP contribution in [0.1, 0.15) is 83.7 Å². The van der Waals surface area contributed by atoms with E-state index in [0.717, 1.165) is 49.3 Å². The van der Waals surface area contributed by atoms with E-state index in [4.69, 9.17) is 19.2 Å². The minimum Gasteiger partial charge on any atom is -0.481 e. The molecular weight excluding hydrogens is 522 g/mol. The van der Waals surface area contributed by atoms with E-state index < -0.39 is 11.2 Å². The number of hydrogen-bond acceptors (Lipinski definition) is 9. The predicted molar refractivity (Wildman–Crippen MR) is 159 cm³/mol. The second kappa shape index (κ2) is 14.5. The number of carbonyl (C=O) groups excluding carboxylic acids is 2. The average molecular weight is 570 g/mol. The number of amides is 1.